The summed E-state index contributed by atoms with van der Waals surface area (Å²) in [6.07, 6.45) is 1.96. The molecular formula is C21H23ClO5. The standard InChI is InChI=1S/C21H23ClO5/c1-3-5-12-26-19-11-8-16(13-20(19)25-4-2)21(24)27-14-18(23)15-6-9-17(22)10-7-15/h6-11,13H,3-5,12,14H2,1-2H3. The third kappa shape index (κ3) is 6.29. The van der Waals surface area contributed by atoms with Gasteiger partial charge in [-0.25, -0.2) is 4.79 Å². The van der Waals surface area contributed by atoms with Gasteiger partial charge in [0, 0.05) is 10.6 Å². The molecule has 2 aromatic rings. The highest BCUT2D eigenvalue weighted by Gasteiger charge is 2.15. The molecule has 5 nitrogen and oxygen atoms in total. The highest BCUT2D eigenvalue weighted by molar-refractivity contribution is 6.30. The Labute approximate surface area is 164 Å². The van der Waals surface area contributed by atoms with Gasteiger partial charge < -0.3 is 14.2 Å². The number of hydrogen-bond donors (Lipinski definition) is 0. The lowest BCUT2D eigenvalue weighted by atomic mass is 10.1. The van der Waals surface area contributed by atoms with Gasteiger partial charge in [-0.15, -0.1) is 0 Å². The summed E-state index contributed by atoms with van der Waals surface area (Å²) in [7, 11) is 0. The minimum atomic E-state index is -0.599. The van der Waals surface area contributed by atoms with Gasteiger partial charge in [-0.1, -0.05) is 24.9 Å². The Balaban J connectivity index is 2.01. The smallest absolute Gasteiger partial charge is 0.338 e. The first-order chi connectivity index (χ1) is 13.0. The van der Waals surface area contributed by atoms with Crippen molar-refractivity contribution in [3.63, 3.8) is 0 Å². The molecule has 0 heterocycles. The quantitative estimate of drug-likeness (QED) is 0.326. The number of carbonyl (C=O) groups is 2. The second-order valence-corrected chi connectivity index (χ2v) is 6.24. The highest BCUT2D eigenvalue weighted by atomic mass is 35.5. The van der Waals surface area contributed by atoms with E-state index in [2.05, 4.69) is 6.92 Å². The van der Waals surface area contributed by atoms with E-state index in [-0.39, 0.29) is 12.4 Å². The molecule has 0 fully saturated rings. The van der Waals surface area contributed by atoms with Crippen molar-refractivity contribution in [1.29, 1.82) is 0 Å². The third-order valence-corrected chi connectivity index (χ3v) is 3.99. The monoisotopic (exact) mass is 390 g/mol. The van der Waals surface area contributed by atoms with Crippen LogP contribution >= 0.6 is 11.6 Å². The first kappa shape index (κ1) is 20.8. The van der Waals surface area contributed by atoms with Crippen molar-refractivity contribution >= 4 is 23.4 Å². The Morgan fingerprint density at radius 3 is 2.30 bits per heavy atom. The van der Waals surface area contributed by atoms with Gasteiger partial charge in [0.05, 0.1) is 18.8 Å². The van der Waals surface area contributed by atoms with Crippen LogP contribution in [0.3, 0.4) is 0 Å². The predicted molar refractivity (Wildman–Crippen MR) is 104 cm³/mol. The molecule has 2 aromatic carbocycles. The van der Waals surface area contributed by atoms with E-state index < -0.39 is 5.97 Å². The minimum Gasteiger partial charge on any atom is -0.490 e. The summed E-state index contributed by atoms with van der Waals surface area (Å²) >= 11 is 5.80. The van der Waals surface area contributed by atoms with Crippen molar-refractivity contribution in [3.05, 3.63) is 58.6 Å². The number of ketones is 1. The zero-order chi connectivity index (χ0) is 19.6. The zero-order valence-electron chi connectivity index (χ0n) is 15.5. The number of hydrogen-bond acceptors (Lipinski definition) is 5. The van der Waals surface area contributed by atoms with E-state index in [9.17, 15) is 9.59 Å². The lowest BCUT2D eigenvalue weighted by molar-refractivity contribution is 0.0474. The average Bonchev–Trinajstić information content (AvgIpc) is 2.68. The molecule has 27 heavy (non-hydrogen) atoms. The number of halogens is 1. The molecule has 0 unspecified atom stereocenters. The number of ether oxygens (including phenoxy) is 3. The molecule has 144 valence electrons. The molecule has 0 amide bonds. The number of esters is 1. The first-order valence-corrected chi connectivity index (χ1v) is 9.28. The van der Waals surface area contributed by atoms with E-state index in [0.717, 1.165) is 12.8 Å². The predicted octanol–water partition coefficient (Wildman–Crippen LogP) is 4.96. The fraction of sp³-hybridized carbons (Fsp3) is 0.333. The van der Waals surface area contributed by atoms with Gasteiger partial charge in [0.2, 0.25) is 0 Å². The summed E-state index contributed by atoms with van der Waals surface area (Å²) in [6.45, 7) is 4.61. The summed E-state index contributed by atoms with van der Waals surface area (Å²) < 4.78 is 16.4. The molecule has 0 aromatic heterocycles. The molecule has 0 saturated heterocycles. The maximum atomic E-state index is 12.3. The zero-order valence-corrected chi connectivity index (χ0v) is 16.3. The Hall–Kier alpha value is -2.53. The van der Waals surface area contributed by atoms with E-state index in [4.69, 9.17) is 25.8 Å². The topological polar surface area (TPSA) is 61.8 Å². The first-order valence-electron chi connectivity index (χ1n) is 8.90. The van der Waals surface area contributed by atoms with Crippen LogP contribution in [-0.2, 0) is 4.74 Å². The molecular weight excluding hydrogens is 368 g/mol. The normalized spacial score (nSPS) is 10.3. The summed E-state index contributed by atoms with van der Waals surface area (Å²) in [5.41, 5.74) is 0.729. The minimum absolute atomic E-state index is 0.296. The van der Waals surface area contributed by atoms with E-state index >= 15 is 0 Å². The maximum Gasteiger partial charge on any atom is 0.338 e. The molecule has 0 atom stereocenters. The number of unbranched alkanes of at least 4 members (excludes halogenated alkanes) is 1. The number of rotatable bonds is 10. The van der Waals surface area contributed by atoms with Crippen molar-refractivity contribution in [1.82, 2.24) is 0 Å². The molecule has 6 heteroatoms. The molecule has 0 radical (unpaired) electrons. The van der Waals surface area contributed by atoms with Crippen LogP contribution in [0.15, 0.2) is 42.5 Å². The Morgan fingerprint density at radius 1 is 0.926 bits per heavy atom. The van der Waals surface area contributed by atoms with Crippen LogP contribution in [0, 0.1) is 0 Å². The Kier molecular flexibility index (Phi) is 8.14. The van der Waals surface area contributed by atoms with E-state index in [1.807, 2.05) is 6.92 Å². The fourth-order valence-electron chi connectivity index (χ4n) is 2.28. The molecule has 0 aliphatic carbocycles. The maximum absolute atomic E-state index is 12.3. The number of Topliss-reactive ketones (excluding diaryl/α,β-unsaturated/α-hetero) is 1. The summed E-state index contributed by atoms with van der Waals surface area (Å²) in [6, 6.07) is 11.3. The van der Waals surface area contributed by atoms with Crippen molar-refractivity contribution in [2.24, 2.45) is 0 Å². The molecule has 0 N–H and O–H groups in total. The molecule has 0 aliphatic rings. The second kappa shape index (κ2) is 10.6. The number of benzene rings is 2. The fourth-order valence-corrected chi connectivity index (χ4v) is 2.41. The van der Waals surface area contributed by atoms with Gasteiger partial charge in [0.15, 0.2) is 23.9 Å². The molecule has 0 spiro atoms. The van der Waals surface area contributed by atoms with E-state index in [1.54, 1.807) is 42.5 Å². The van der Waals surface area contributed by atoms with Crippen LogP contribution in [0.2, 0.25) is 5.02 Å². The van der Waals surface area contributed by atoms with Crippen LogP contribution in [0.5, 0.6) is 11.5 Å². The number of carbonyl (C=O) groups excluding carboxylic acids is 2. The molecule has 2 rings (SSSR count). The van der Waals surface area contributed by atoms with Crippen molar-refractivity contribution < 1.29 is 23.8 Å². The summed E-state index contributed by atoms with van der Waals surface area (Å²) in [4.78, 5) is 24.4. The van der Waals surface area contributed by atoms with Crippen LogP contribution in [-0.4, -0.2) is 31.6 Å². The van der Waals surface area contributed by atoms with Gasteiger partial charge >= 0.3 is 5.97 Å². The van der Waals surface area contributed by atoms with Crippen LogP contribution in [0.4, 0.5) is 0 Å². The molecule has 0 bridgehead atoms. The lowest BCUT2D eigenvalue weighted by Crippen LogP contribution is -2.14. The highest BCUT2D eigenvalue weighted by Crippen LogP contribution is 2.29. The lowest BCUT2D eigenvalue weighted by Gasteiger charge is -2.13. The second-order valence-electron chi connectivity index (χ2n) is 5.80. The average molecular weight is 391 g/mol. The van der Waals surface area contributed by atoms with Crippen molar-refractivity contribution in [2.75, 3.05) is 19.8 Å². The van der Waals surface area contributed by atoms with Gasteiger partial charge in [-0.2, -0.15) is 0 Å². The van der Waals surface area contributed by atoms with Crippen LogP contribution in [0.25, 0.3) is 0 Å². The van der Waals surface area contributed by atoms with Crippen molar-refractivity contribution in [2.45, 2.75) is 26.7 Å². The summed E-state index contributed by atoms with van der Waals surface area (Å²) in [5, 5.41) is 0.535. The largest absolute Gasteiger partial charge is 0.490 e. The van der Waals surface area contributed by atoms with Crippen molar-refractivity contribution in [3.8, 4) is 11.5 Å². The van der Waals surface area contributed by atoms with Crippen LogP contribution in [0.1, 0.15) is 47.4 Å². The van der Waals surface area contributed by atoms with Crippen LogP contribution < -0.4 is 9.47 Å². The van der Waals surface area contributed by atoms with Gasteiger partial charge in [0.25, 0.3) is 0 Å². The van der Waals surface area contributed by atoms with Gasteiger partial charge in [-0.3, -0.25) is 4.79 Å². The van der Waals surface area contributed by atoms with Gasteiger partial charge in [-0.05, 0) is 55.8 Å². The van der Waals surface area contributed by atoms with E-state index in [1.165, 1.54) is 0 Å². The molecule has 0 saturated carbocycles. The summed E-state index contributed by atoms with van der Waals surface area (Å²) in [5.74, 6) is 0.161. The Morgan fingerprint density at radius 2 is 1.63 bits per heavy atom. The van der Waals surface area contributed by atoms with E-state index in [0.29, 0.717) is 40.9 Å². The SMILES string of the molecule is CCCCOc1ccc(C(=O)OCC(=O)c2ccc(Cl)cc2)cc1OCC. The molecule has 0 aliphatic heterocycles. The third-order valence-electron chi connectivity index (χ3n) is 3.74. The van der Waals surface area contributed by atoms with Gasteiger partial charge in [0.1, 0.15) is 0 Å². The Bertz CT molecular complexity index is 771.